The van der Waals surface area contributed by atoms with Crippen molar-refractivity contribution in [2.75, 3.05) is 13.7 Å². The molecule has 0 aromatic heterocycles. The second-order valence-corrected chi connectivity index (χ2v) is 3.85. The van der Waals surface area contributed by atoms with Gasteiger partial charge in [-0.2, -0.15) is 0 Å². The van der Waals surface area contributed by atoms with E-state index in [2.05, 4.69) is 6.92 Å². The van der Waals surface area contributed by atoms with E-state index >= 15 is 0 Å². The Morgan fingerprint density at radius 1 is 1.67 bits per heavy atom. The summed E-state index contributed by atoms with van der Waals surface area (Å²) in [5.41, 5.74) is -0.134. The predicted octanol–water partition coefficient (Wildman–Crippen LogP) is 1.03. The number of hydrogen-bond acceptors (Lipinski definition) is 2. The van der Waals surface area contributed by atoms with Gasteiger partial charge >= 0.3 is 0 Å². The fourth-order valence-electron chi connectivity index (χ4n) is 1.89. The van der Waals surface area contributed by atoms with Crippen molar-refractivity contribution in [3.63, 3.8) is 0 Å². The van der Waals surface area contributed by atoms with E-state index in [1.54, 1.807) is 14.0 Å². The standard InChI is InChI=1S/C9H17NO2/c1-7-5-9(3,12-4)6-10(7)8(2)11/h7H,5-6H2,1-4H3/t7-,9?/m1/s1. The van der Waals surface area contributed by atoms with Gasteiger partial charge in [0.1, 0.15) is 0 Å². The Morgan fingerprint density at radius 2 is 2.25 bits per heavy atom. The van der Waals surface area contributed by atoms with Crippen molar-refractivity contribution in [2.24, 2.45) is 0 Å². The lowest BCUT2D eigenvalue weighted by Gasteiger charge is -2.22. The molecule has 1 aliphatic heterocycles. The highest BCUT2D eigenvalue weighted by Crippen LogP contribution is 2.29. The van der Waals surface area contributed by atoms with E-state index in [9.17, 15) is 4.79 Å². The van der Waals surface area contributed by atoms with Gasteiger partial charge in [-0.15, -0.1) is 0 Å². The molecule has 0 aliphatic carbocycles. The molecule has 1 unspecified atom stereocenters. The number of methoxy groups -OCH3 is 1. The number of carbonyl (C=O) groups is 1. The summed E-state index contributed by atoms with van der Waals surface area (Å²) in [6, 6.07) is 0.312. The Morgan fingerprint density at radius 3 is 2.50 bits per heavy atom. The summed E-state index contributed by atoms with van der Waals surface area (Å²) in [7, 11) is 1.70. The molecule has 1 rings (SSSR count). The molecular weight excluding hydrogens is 154 g/mol. The summed E-state index contributed by atoms with van der Waals surface area (Å²) in [4.78, 5) is 13.0. The molecule has 3 heteroatoms. The zero-order valence-electron chi connectivity index (χ0n) is 8.26. The number of ether oxygens (including phenoxy) is 1. The van der Waals surface area contributed by atoms with Gasteiger partial charge in [0.05, 0.1) is 5.60 Å². The number of amides is 1. The number of carbonyl (C=O) groups excluding carboxylic acids is 1. The SMILES string of the molecule is COC1(C)C[C@@H](C)N(C(C)=O)C1. The first-order chi connectivity index (χ1) is 5.48. The van der Waals surface area contributed by atoms with Gasteiger partial charge in [0, 0.05) is 26.6 Å². The lowest BCUT2D eigenvalue weighted by Crippen LogP contribution is -2.35. The van der Waals surface area contributed by atoms with E-state index in [4.69, 9.17) is 4.74 Å². The highest BCUT2D eigenvalue weighted by molar-refractivity contribution is 5.74. The molecule has 12 heavy (non-hydrogen) atoms. The fraction of sp³-hybridized carbons (Fsp3) is 0.889. The monoisotopic (exact) mass is 171 g/mol. The zero-order valence-corrected chi connectivity index (χ0v) is 8.26. The van der Waals surface area contributed by atoms with Crippen LogP contribution in [0.1, 0.15) is 27.2 Å². The first kappa shape index (κ1) is 9.52. The first-order valence-electron chi connectivity index (χ1n) is 4.31. The van der Waals surface area contributed by atoms with Crippen LogP contribution in [-0.2, 0) is 9.53 Å². The van der Waals surface area contributed by atoms with Crippen molar-refractivity contribution in [1.29, 1.82) is 0 Å². The van der Waals surface area contributed by atoms with Gasteiger partial charge in [0.2, 0.25) is 5.91 Å². The molecular formula is C9H17NO2. The average Bonchev–Trinajstić information content (AvgIpc) is 2.28. The van der Waals surface area contributed by atoms with Gasteiger partial charge < -0.3 is 9.64 Å². The van der Waals surface area contributed by atoms with Crippen LogP contribution in [0.3, 0.4) is 0 Å². The molecule has 0 spiro atoms. The normalized spacial score (nSPS) is 35.7. The smallest absolute Gasteiger partial charge is 0.219 e. The van der Waals surface area contributed by atoms with Crippen LogP contribution in [0.4, 0.5) is 0 Å². The predicted molar refractivity (Wildman–Crippen MR) is 46.9 cm³/mol. The van der Waals surface area contributed by atoms with Crippen molar-refractivity contribution < 1.29 is 9.53 Å². The number of rotatable bonds is 1. The first-order valence-corrected chi connectivity index (χ1v) is 4.31. The Hall–Kier alpha value is -0.570. The van der Waals surface area contributed by atoms with E-state index in [0.29, 0.717) is 6.04 Å². The molecule has 1 saturated heterocycles. The Bertz CT molecular complexity index is 193. The second-order valence-electron chi connectivity index (χ2n) is 3.85. The van der Waals surface area contributed by atoms with Crippen molar-refractivity contribution in [2.45, 2.75) is 38.8 Å². The van der Waals surface area contributed by atoms with E-state index < -0.39 is 0 Å². The third-order valence-corrected chi connectivity index (χ3v) is 2.66. The van der Waals surface area contributed by atoms with Crippen LogP contribution in [0.5, 0.6) is 0 Å². The van der Waals surface area contributed by atoms with E-state index in [1.807, 2.05) is 11.8 Å². The lowest BCUT2D eigenvalue weighted by molar-refractivity contribution is -0.130. The van der Waals surface area contributed by atoms with Crippen LogP contribution in [0.25, 0.3) is 0 Å². The summed E-state index contributed by atoms with van der Waals surface area (Å²) in [6.45, 7) is 6.44. The highest BCUT2D eigenvalue weighted by Gasteiger charge is 2.39. The number of likely N-dealkylation sites (tertiary alicyclic amines) is 1. The molecule has 0 radical (unpaired) electrons. The van der Waals surface area contributed by atoms with Crippen LogP contribution in [0, 0.1) is 0 Å². The maximum absolute atomic E-state index is 11.1. The highest BCUT2D eigenvalue weighted by atomic mass is 16.5. The quantitative estimate of drug-likeness (QED) is 0.589. The van der Waals surface area contributed by atoms with Crippen molar-refractivity contribution >= 4 is 5.91 Å². The summed E-state index contributed by atoms with van der Waals surface area (Å²) in [5, 5.41) is 0. The summed E-state index contributed by atoms with van der Waals surface area (Å²) in [5.74, 6) is 0.142. The Labute approximate surface area is 73.7 Å². The summed E-state index contributed by atoms with van der Waals surface area (Å²) >= 11 is 0. The molecule has 1 amide bonds. The molecule has 0 saturated carbocycles. The number of nitrogens with zero attached hydrogens (tertiary/aromatic N) is 1. The van der Waals surface area contributed by atoms with Gasteiger partial charge in [0.25, 0.3) is 0 Å². The zero-order chi connectivity index (χ0) is 9.35. The molecule has 70 valence electrons. The van der Waals surface area contributed by atoms with Gasteiger partial charge in [-0.05, 0) is 20.3 Å². The molecule has 1 aliphatic rings. The van der Waals surface area contributed by atoms with Gasteiger partial charge in [-0.3, -0.25) is 4.79 Å². The Kier molecular flexibility index (Phi) is 2.42. The van der Waals surface area contributed by atoms with Gasteiger partial charge in [-0.25, -0.2) is 0 Å². The van der Waals surface area contributed by atoms with Crippen LogP contribution in [-0.4, -0.2) is 36.1 Å². The maximum Gasteiger partial charge on any atom is 0.219 e. The largest absolute Gasteiger partial charge is 0.377 e. The minimum atomic E-state index is -0.134. The van der Waals surface area contributed by atoms with Gasteiger partial charge in [-0.1, -0.05) is 0 Å². The molecule has 1 fully saturated rings. The van der Waals surface area contributed by atoms with Crippen LogP contribution in [0.2, 0.25) is 0 Å². The fourth-order valence-corrected chi connectivity index (χ4v) is 1.89. The van der Waals surface area contributed by atoms with Crippen LogP contribution >= 0.6 is 0 Å². The molecule has 3 nitrogen and oxygen atoms in total. The molecule has 0 bridgehead atoms. The Balaban J connectivity index is 2.68. The molecule has 0 aromatic carbocycles. The number of hydrogen-bond donors (Lipinski definition) is 0. The van der Waals surface area contributed by atoms with Crippen molar-refractivity contribution in [1.82, 2.24) is 4.90 Å². The second kappa shape index (κ2) is 3.05. The third-order valence-electron chi connectivity index (χ3n) is 2.66. The van der Waals surface area contributed by atoms with E-state index in [-0.39, 0.29) is 11.5 Å². The molecule has 0 aromatic rings. The minimum absolute atomic E-state index is 0.134. The molecule has 2 atom stereocenters. The van der Waals surface area contributed by atoms with Crippen molar-refractivity contribution in [3.8, 4) is 0 Å². The third kappa shape index (κ3) is 1.61. The van der Waals surface area contributed by atoms with Crippen LogP contribution in [0.15, 0.2) is 0 Å². The van der Waals surface area contributed by atoms with E-state index in [1.165, 1.54) is 0 Å². The lowest BCUT2D eigenvalue weighted by atomic mass is 10.0. The summed E-state index contributed by atoms with van der Waals surface area (Å²) in [6.07, 6.45) is 0.934. The topological polar surface area (TPSA) is 29.5 Å². The molecule has 1 heterocycles. The van der Waals surface area contributed by atoms with E-state index in [0.717, 1.165) is 13.0 Å². The van der Waals surface area contributed by atoms with Gasteiger partial charge in [0.15, 0.2) is 0 Å². The molecule has 0 N–H and O–H groups in total. The maximum atomic E-state index is 11.1. The average molecular weight is 171 g/mol. The van der Waals surface area contributed by atoms with Crippen LogP contribution < -0.4 is 0 Å². The van der Waals surface area contributed by atoms with Crippen molar-refractivity contribution in [3.05, 3.63) is 0 Å². The minimum Gasteiger partial charge on any atom is -0.377 e. The summed E-state index contributed by atoms with van der Waals surface area (Å²) < 4.78 is 5.36.